The quantitative estimate of drug-likeness (QED) is 0.328. The number of rotatable bonds is 12. The lowest BCUT2D eigenvalue weighted by atomic mass is 9.98. The molecular formula is C34H42N4O3. The maximum atomic E-state index is 14.1. The van der Waals surface area contributed by atoms with E-state index in [0.717, 1.165) is 22.3 Å². The van der Waals surface area contributed by atoms with E-state index in [0.29, 0.717) is 19.3 Å². The van der Waals surface area contributed by atoms with Crippen LogP contribution < -0.4 is 11.1 Å². The van der Waals surface area contributed by atoms with E-state index in [-0.39, 0.29) is 17.7 Å². The van der Waals surface area contributed by atoms with E-state index in [1.54, 1.807) is 27.2 Å². The number of hydrogen-bond acceptors (Lipinski definition) is 4. The highest BCUT2D eigenvalue weighted by atomic mass is 16.2. The minimum absolute atomic E-state index is 0.269. The molecule has 0 aromatic heterocycles. The van der Waals surface area contributed by atoms with Crippen molar-refractivity contribution in [3.63, 3.8) is 0 Å². The molecule has 7 nitrogen and oxygen atoms in total. The highest BCUT2D eigenvalue weighted by Crippen LogP contribution is 2.21. The molecule has 41 heavy (non-hydrogen) atoms. The van der Waals surface area contributed by atoms with Crippen LogP contribution in [0.3, 0.4) is 0 Å². The summed E-state index contributed by atoms with van der Waals surface area (Å²) in [6, 6.07) is 26.1. The first kappa shape index (κ1) is 31.3. The maximum absolute atomic E-state index is 14.1. The van der Waals surface area contributed by atoms with Crippen LogP contribution in [0, 0.1) is 0 Å². The van der Waals surface area contributed by atoms with Gasteiger partial charge in [0.15, 0.2) is 0 Å². The van der Waals surface area contributed by atoms with Crippen molar-refractivity contribution in [1.82, 2.24) is 15.1 Å². The van der Waals surface area contributed by atoms with Crippen molar-refractivity contribution < 1.29 is 14.4 Å². The van der Waals surface area contributed by atoms with Gasteiger partial charge in [-0.25, -0.2) is 0 Å². The van der Waals surface area contributed by atoms with E-state index in [1.807, 2.05) is 98.8 Å². The number of nitrogens with one attached hydrogen (secondary N) is 1. The number of nitrogens with zero attached hydrogens (tertiary/aromatic N) is 2. The number of nitrogens with two attached hydrogens (primary N) is 1. The van der Waals surface area contributed by atoms with Gasteiger partial charge in [0.05, 0.1) is 0 Å². The zero-order valence-corrected chi connectivity index (χ0v) is 24.7. The standard InChI is InChI=1S/C34H42N4O3/c1-34(2,35)22-12-17-31(39)37(4)30(24-26-18-20-28(21-19-26)27-15-10-7-11-16-27)33(41)38(5)29(32(40)36-3)23-25-13-8-6-9-14-25/h6-21,29-30H,22-24,35H2,1-5H3,(H,36,40)/b17-12+. The van der Waals surface area contributed by atoms with E-state index in [4.69, 9.17) is 5.73 Å². The fraction of sp³-hybridized carbons (Fsp3) is 0.324. The summed E-state index contributed by atoms with van der Waals surface area (Å²) in [5, 5.41) is 2.69. The van der Waals surface area contributed by atoms with Gasteiger partial charge in [-0.2, -0.15) is 0 Å². The van der Waals surface area contributed by atoms with Crippen LogP contribution in [-0.4, -0.2) is 66.3 Å². The first-order valence-electron chi connectivity index (χ1n) is 13.9. The Morgan fingerprint density at radius 1 is 0.780 bits per heavy atom. The van der Waals surface area contributed by atoms with Crippen LogP contribution in [-0.2, 0) is 27.2 Å². The topological polar surface area (TPSA) is 95.7 Å². The zero-order valence-electron chi connectivity index (χ0n) is 24.7. The van der Waals surface area contributed by atoms with Gasteiger partial charge >= 0.3 is 0 Å². The van der Waals surface area contributed by atoms with Gasteiger partial charge in [-0.1, -0.05) is 91.0 Å². The van der Waals surface area contributed by atoms with Gasteiger partial charge in [0, 0.05) is 39.5 Å². The first-order valence-corrected chi connectivity index (χ1v) is 13.9. The molecular weight excluding hydrogens is 512 g/mol. The minimum atomic E-state index is -0.825. The van der Waals surface area contributed by atoms with Gasteiger partial charge in [0.25, 0.3) is 0 Å². The molecule has 216 valence electrons. The molecule has 0 saturated heterocycles. The predicted molar refractivity (Wildman–Crippen MR) is 165 cm³/mol. The van der Waals surface area contributed by atoms with Crippen molar-refractivity contribution in [2.75, 3.05) is 21.1 Å². The van der Waals surface area contributed by atoms with E-state index in [1.165, 1.54) is 15.9 Å². The summed E-state index contributed by atoms with van der Waals surface area (Å²) in [7, 11) is 4.81. The van der Waals surface area contributed by atoms with Crippen LogP contribution in [0.4, 0.5) is 0 Å². The summed E-state index contributed by atoms with van der Waals surface area (Å²) in [6.45, 7) is 3.77. The fourth-order valence-electron chi connectivity index (χ4n) is 4.61. The lowest BCUT2D eigenvalue weighted by Crippen LogP contribution is -2.55. The first-order chi connectivity index (χ1) is 19.5. The number of benzene rings is 3. The summed E-state index contributed by atoms with van der Waals surface area (Å²) < 4.78 is 0. The van der Waals surface area contributed by atoms with Crippen molar-refractivity contribution in [3.8, 4) is 11.1 Å². The summed E-state index contributed by atoms with van der Waals surface area (Å²) in [4.78, 5) is 43.2. The van der Waals surface area contributed by atoms with Crippen molar-refractivity contribution in [2.45, 2.75) is 50.7 Å². The molecule has 0 bridgehead atoms. The van der Waals surface area contributed by atoms with Crippen molar-refractivity contribution in [1.29, 1.82) is 0 Å². The van der Waals surface area contributed by atoms with Crippen molar-refractivity contribution >= 4 is 17.7 Å². The van der Waals surface area contributed by atoms with Crippen LogP contribution in [0.15, 0.2) is 97.1 Å². The molecule has 0 saturated carbocycles. The lowest BCUT2D eigenvalue weighted by Gasteiger charge is -2.34. The largest absolute Gasteiger partial charge is 0.357 e. The Labute approximate surface area is 244 Å². The molecule has 7 heteroatoms. The third-order valence-corrected chi connectivity index (χ3v) is 7.13. The SMILES string of the molecule is CNC(=O)C(Cc1ccccc1)N(C)C(=O)C(Cc1ccc(-c2ccccc2)cc1)N(C)C(=O)/C=C/CC(C)(C)N. The Balaban J connectivity index is 1.90. The molecule has 2 atom stereocenters. The number of amides is 3. The molecule has 3 N–H and O–H groups in total. The van der Waals surface area contributed by atoms with Crippen LogP contribution in [0.1, 0.15) is 31.4 Å². The van der Waals surface area contributed by atoms with Crippen molar-refractivity contribution in [2.24, 2.45) is 5.73 Å². The Hall–Kier alpha value is -4.23. The van der Waals surface area contributed by atoms with Gasteiger partial charge in [0.1, 0.15) is 12.1 Å². The number of carbonyl (C=O) groups is 3. The Morgan fingerprint density at radius 3 is 1.85 bits per heavy atom. The third-order valence-electron chi connectivity index (χ3n) is 7.13. The average molecular weight is 555 g/mol. The Morgan fingerprint density at radius 2 is 1.29 bits per heavy atom. The van der Waals surface area contributed by atoms with Crippen LogP contribution >= 0.6 is 0 Å². The van der Waals surface area contributed by atoms with Crippen LogP contribution in [0.5, 0.6) is 0 Å². The monoisotopic (exact) mass is 554 g/mol. The average Bonchev–Trinajstić information content (AvgIpc) is 2.97. The second-order valence-electron chi connectivity index (χ2n) is 11.1. The van der Waals surface area contributed by atoms with Crippen molar-refractivity contribution in [3.05, 3.63) is 108 Å². The number of carbonyl (C=O) groups excluding carboxylic acids is 3. The lowest BCUT2D eigenvalue weighted by molar-refractivity contribution is -0.146. The molecule has 0 heterocycles. The smallest absolute Gasteiger partial charge is 0.246 e. The molecule has 3 aromatic carbocycles. The molecule has 3 rings (SSSR count). The second kappa shape index (κ2) is 14.4. The predicted octanol–water partition coefficient (Wildman–Crippen LogP) is 4.22. The molecule has 0 aliphatic rings. The molecule has 0 fully saturated rings. The summed E-state index contributed by atoms with van der Waals surface area (Å²) in [6.07, 6.45) is 4.36. The molecule has 3 aromatic rings. The molecule has 0 radical (unpaired) electrons. The zero-order chi connectivity index (χ0) is 30.0. The highest BCUT2D eigenvalue weighted by molar-refractivity contribution is 5.95. The third kappa shape index (κ3) is 9.15. The van der Waals surface area contributed by atoms with E-state index in [2.05, 4.69) is 5.32 Å². The summed E-state index contributed by atoms with van der Waals surface area (Å²) >= 11 is 0. The van der Waals surface area contributed by atoms with Gasteiger partial charge in [-0.05, 0) is 48.6 Å². The fourth-order valence-corrected chi connectivity index (χ4v) is 4.61. The number of hydrogen-bond donors (Lipinski definition) is 2. The Bertz CT molecular complexity index is 1320. The van der Waals surface area contributed by atoms with Gasteiger partial charge in [0.2, 0.25) is 17.7 Å². The molecule has 3 amide bonds. The summed E-state index contributed by atoms with van der Waals surface area (Å²) in [5.74, 6) is -0.888. The van der Waals surface area contributed by atoms with Gasteiger partial charge in [-0.3, -0.25) is 14.4 Å². The van der Waals surface area contributed by atoms with Gasteiger partial charge < -0.3 is 20.9 Å². The Kier molecular flexibility index (Phi) is 11.0. The second-order valence-corrected chi connectivity index (χ2v) is 11.1. The maximum Gasteiger partial charge on any atom is 0.246 e. The van der Waals surface area contributed by atoms with Gasteiger partial charge in [-0.15, -0.1) is 0 Å². The highest BCUT2D eigenvalue weighted by Gasteiger charge is 2.34. The normalized spacial score (nSPS) is 12.9. The molecule has 0 aliphatic heterocycles. The summed E-state index contributed by atoms with van der Waals surface area (Å²) in [5.41, 5.74) is 9.61. The van der Waals surface area contributed by atoms with E-state index in [9.17, 15) is 14.4 Å². The molecule has 2 unspecified atom stereocenters. The van der Waals surface area contributed by atoms with E-state index < -0.39 is 17.6 Å². The van der Waals surface area contributed by atoms with Crippen LogP contribution in [0.25, 0.3) is 11.1 Å². The number of likely N-dealkylation sites (N-methyl/N-ethyl adjacent to an activating group) is 3. The molecule has 0 aliphatic carbocycles. The van der Waals surface area contributed by atoms with E-state index >= 15 is 0 Å². The minimum Gasteiger partial charge on any atom is -0.357 e. The van der Waals surface area contributed by atoms with Crippen LogP contribution in [0.2, 0.25) is 0 Å². The molecule has 0 spiro atoms.